The van der Waals surface area contributed by atoms with Gasteiger partial charge in [0.2, 0.25) is 0 Å². The van der Waals surface area contributed by atoms with Crippen LogP contribution in [0.5, 0.6) is 0 Å². The first kappa shape index (κ1) is 25.6. The van der Waals surface area contributed by atoms with Crippen molar-refractivity contribution in [2.75, 3.05) is 19.6 Å². The van der Waals surface area contributed by atoms with Crippen molar-refractivity contribution in [1.29, 1.82) is 5.26 Å². The first-order valence-corrected chi connectivity index (χ1v) is 12.0. The van der Waals surface area contributed by atoms with Crippen LogP contribution in [0.15, 0.2) is 54.6 Å². The zero-order valence-electron chi connectivity index (χ0n) is 20.0. The van der Waals surface area contributed by atoms with Crippen LogP contribution < -0.4 is 0 Å². The van der Waals surface area contributed by atoms with Crippen molar-refractivity contribution in [2.45, 2.75) is 59.3 Å². The first-order chi connectivity index (χ1) is 15.7. The zero-order chi connectivity index (χ0) is 23.3. The number of fused-ring (bicyclic) bond motifs is 1. The van der Waals surface area contributed by atoms with E-state index in [2.05, 4.69) is 29.7 Å². The fourth-order valence-electron chi connectivity index (χ4n) is 4.23. The maximum absolute atomic E-state index is 13.5. The van der Waals surface area contributed by atoms with Crippen molar-refractivity contribution in [3.8, 4) is 6.07 Å². The van der Waals surface area contributed by atoms with Crippen LogP contribution in [-0.4, -0.2) is 24.5 Å². The second-order valence-corrected chi connectivity index (χ2v) is 8.00. The minimum atomic E-state index is -0.179. The molecule has 0 spiro atoms. The van der Waals surface area contributed by atoms with Crippen molar-refractivity contribution in [2.24, 2.45) is 0 Å². The maximum atomic E-state index is 13.5. The third kappa shape index (κ3) is 6.90. The van der Waals surface area contributed by atoms with Gasteiger partial charge in [0.05, 0.1) is 6.07 Å². The maximum Gasteiger partial charge on any atom is 0.123 e. The second kappa shape index (κ2) is 13.7. The average molecular weight is 433 g/mol. The molecule has 2 nitrogen and oxygen atoms in total. The van der Waals surface area contributed by atoms with E-state index >= 15 is 0 Å². The van der Waals surface area contributed by atoms with Crippen molar-refractivity contribution in [3.63, 3.8) is 0 Å². The van der Waals surface area contributed by atoms with Gasteiger partial charge < -0.3 is 0 Å². The molecule has 3 heteroatoms. The summed E-state index contributed by atoms with van der Waals surface area (Å²) >= 11 is 0. The van der Waals surface area contributed by atoms with E-state index in [0.29, 0.717) is 6.42 Å². The molecular formula is C29H37FN2. The number of likely N-dealkylation sites (tertiary alicyclic amines) is 1. The molecular weight excluding hydrogens is 395 g/mol. The normalized spacial score (nSPS) is 15.0. The van der Waals surface area contributed by atoms with Gasteiger partial charge in [-0.2, -0.15) is 5.26 Å². The lowest BCUT2D eigenvalue weighted by atomic mass is 9.81. The Bertz CT molecular complexity index is 929. The quantitative estimate of drug-likeness (QED) is 0.485. The predicted octanol–water partition coefficient (Wildman–Crippen LogP) is 7.65. The summed E-state index contributed by atoms with van der Waals surface area (Å²) in [4.78, 5) is 2.56. The molecule has 1 aliphatic heterocycles. The molecule has 2 aliphatic rings. The molecule has 0 amide bonds. The van der Waals surface area contributed by atoms with Crippen molar-refractivity contribution in [1.82, 2.24) is 4.90 Å². The Hall–Kier alpha value is -2.70. The molecule has 2 aromatic carbocycles. The summed E-state index contributed by atoms with van der Waals surface area (Å²) in [5.41, 5.74) is 7.73. The zero-order valence-corrected chi connectivity index (χ0v) is 20.0. The molecule has 0 unspecified atom stereocenters. The number of hydrogen-bond acceptors (Lipinski definition) is 2. The number of aryl methyl sites for hydroxylation is 1. The van der Waals surface area contributed by atoms with Gasteiger partial charge in [-0.05, 0) is 96.8 Å². The fourth-order valence-corrected chi connectivity index (χ4v) is 4.23. The van der Waals surface area contributed by atoms with E-state index in [9.17, 15) is 4.39 Å². The number of benzene rings is 2. The van der Waals surface area contributed by atoms with Crippen LogP contribution in [0.2, 0.25) is 0 Å². The van der Waals surface area contributed by atoms with Crippen molar-refractivity contribution >= 4 is 11.6 Å². The molecule has 4 rings (SSSR count). The number of unbranched alkanes of at least 4 members (excludes halogenated alkanes) is 1. The van der Waals surface area contributed by atoms with Crippen molar-refractivity contribution < 1.29 is 4.39 Å². The van der Waals surface area contributed by atoms with Gasteiger partial charge in [0, 0.05) is 13.0 Å². The molecule has 0 aromatic heterocycles. The monoisotopic (exact) mass is 432 g/mol. The van der Waals surface area contributed by atoms with Crippen LogP contribution in [-0.2, 0) is 6.42 Å². The Morgan fingerprint density at radius 2 is 1.75 bits per heavy atom. The number of nitriles is 1. The molecule has 32 heavy (non-hydrogen) atoms. The Labute approximate surface area is 194 Å². The molecule has 0 N–H and O–H groups in total. The summed E-state index contributed by atoms with van der Waals surface area (Å²) in [7, 11) is 0. The minimum Gasteiger partial charge on any atom is -0.299 e. The van der Waals surface area contributed by atoms with E-state index in [1.165, 1.54) is 48.2 Å². The molecule has 170 valence electrons. The Balaban J connectivity index is 0.000000460. The Morgan fingerprint density at radius 3 is 2.31 bits per heavy atom. The van der Waals surface area contributed by atoms with Crippen LogP contribution in [0.1, 0.15) is 75.1 Å². The van der Waals surface area contributed by atoms with Crippen LogP contribution in [0.25, 0.3) is 11.6 Å². The number of rotatable bonds is 5. The fraction of sp³-hybridized carbons (Fsp3) is 0.414. The van der Waals surface area contributed by atoms with E-state index in [1.807, 2.05) is 45.0 Å². The van der Waals surface area contributed by atoms with Gasteiger partial charge in [0.15, 0.2) is 0 Å². The van der Waals surface area contributed by atoms with E-state index in [-0.39, 0.29) is 5.82 Å². The predicted molar refractivity (Wildman–Crippen MR) is 135 cm³/mol. The molecule has 1 aliphatic carbocycles. The molecule has 2 aromatic rings. The van der Waals surface area contributed by atoms with Gasteiger partial charge in [-0.25, -0.2) is 4.39 Å². The molecule has 1 fully saturated rings. The smallest absolute Gasteiger partial charge is 0.123 e. The van der Waals surface area contributed by atoms with Gasteiger partial charge >= 0.3 is 0 Å². The summed E-state index contributed by atoms with van der Waals surface area (Å²) in [5, 5.41) is 7.82. The van der Waals surface area contributed by atoms with Crippen LogP contribution >= 0.6 is 0 Å². The lowest BCUT2D eigenvalue weighted by molar-refractivity contribution is 0.364. The molecule has 1 saturated heterocycles. The van der Waals surface area contributed by atoms with E-state index < -0.39 is 0 Å². The highest BCUT2D eigenvalue weighted by Crippen LogP contribution is 2.37. The van der Waals surface area contributed by atoms with Crippen LogP contribution in [0, 0.1) is 17.1 Å². The summed E-state index contributed by atoms with van der Waals surface area (Å²) in [6.45, 7) is 13.3. The van der Waals surface area contributed by atoms with Gasteiger partial charge in [0.25, 0.3) is 0 Å². The molecule has 0 radical (unpaired) electrons. The van der Waals surface area contributed by atoms with Gasteiger partial charge in [-0.1, -0.05) is 57.7 Å². The highest BCUT2D eigenvalue weighted by molar-refractivity contribution is 5.86. The van der Waals surface area contributed by atoms with Crippen LogP contribution in [0.4, 0.5) is 4.39 Å². The molecule has 0 atom stereocenters. The average Bonchev–Trinajstić information content (AvgIpc) is 3.35. The molecule has 1 heterocycles. The van der Waals surface area contributed by atoms with Crippen LogP contribution in [0.3, 0.4) is 0 Å². The minimum absolute atomic E-state index is 0.179. The second-order valence-electron chi connectivity index (χ2n) is 8.00. The third-order valence-electron chi connectivity index (χ3n) is 5.80. The first-order valence-electron chi connectivity index (χ1n) is 12.0. The molecule has 0 saturated carbocycles. The van der Waals surface area contributed by atoms with Gasteiger partial charge in [0.1, 0.15) is 5.82 Å². The highest BCUT2D eigenvalue weighted by atomic mass is 19.1. The topological polar surface area (TPSA) is 27.0 Å². The summed E-state index contributed by atoms with van der Waals surface area (Å²) < 4.78 is 13.5. The standard InChI is InChI=1S/C23H24FN.C4H7N.C2H6/c1-2-17-5-6-18-7-8-20(16-25-13-3-4-14-25)23(22(18)15-17)19-9-11-21(24)12-10-19;1-2-3-4-5;1-2/h2,5-6,9-12,15H,1,3-4,7-8,13-14,16H2;2-3H2,1H3;1-2H3. The molecule has 0 bridgehead atoms. The van der Waals surface area contributed by atoms with E-state index in [1.54, 1.807) is 12.1 Å². The number of nitrogens with zero attached hydrogens (tertiary/aromatic N) is 2. The highest BCUT2D eigenvalue weighted by Gasteiger charge is 2.23. The summed E-state index contributed by atoms with van der Waals surface area (Å²) in [5.74, 6) is -0.179. The lowest BCUT2D eigenvalue weighted by Gasteiger charge is -2.27. The van der Waals surface area contributed by atoms with Gasteiger partial charge in [-0.15, -0.1) is 0 Å². The SMILES string of the molecule is C=Cc1ccc2c(c1)C(c1ccc(F)cc1)=C(CN1CCCC1)CC2.CC.CCCC#N. The van der Waals surface area contributed by atoms with Gasteiger partial charge in [-0.3, -0.25) is 4.90 Å². The van der Waals surface area contributed by atoms with E-state index in [0.717, 1.165) is 36.9 Å². The summed E-state index contributed by atoms with van der Waals surface area (Å²) in [6.07, 6.45) is 8.35. The Kier molecular flexibility index (Phi) is 10.9. The largest absolute Gasteiger partial charge is 0.299 e. The number of hydrogen-bond donors (Lipinski definition) is 0. The third-order valence-corrected chi connectivity index (χ3v) is 5.80. The summed E-state index contributed by atoms with van der Waals surface area (Å²) in [6, 6.07) is 15.6. The lowest BCUT2D eigenvalue weighted by Crippen LogP contribution is -2.24. The van der Waals surface area contributed by atoms with E-state index in [4.69, 9.17) is 5.26 Å². The Morgan fingerprint density at radius 1 is 1.06 bits per heavy atom. The number of halogens is 1. The van der Waals surface area contributed by atoms with Crippen molar-refractivity contribution in [3.05, 3.63) is 82.7 Å².